The molecule has 0 saturated carbocycles. The molecule has 0 aromatic heterocycles. The summed E-state index contributed by atoms with van der Waals surface area (Å²) in [7, 11) is 0.0907. The van der Waals surface area contributed by atoms with Crippen LogP contribution in [0.3, 0.4) is 0 Å². The third kappa shape index (κ3) is 8.01. The summed E-state index contributed by atoms with van der Waals surface area (Å²) in [4.78, 5) is 0. The summed E-state index contributed by atoms with van der Waals surface area (Å²) in [6, 6.07) is 0. The maximum Gasteiger partial charge on any atom is 0.202 e. The van der Waals surface area contributed by atoms with Gasteiger partial charge < -0.3 is 0 Å². The SMILES string of the molecule is CCCCCN(CCCCC)[PH](=O)NC. The standard InChI is InChI=1S/C11H27N2OP/c1-4-6-8-10-13(15(14)12-3)11-9-7-5-2/h15H,4-11H2,1-3H3,(H,12,14). The first kappa shape index (κ1) is 15.2. The lowest BCUT2D eigenvalue weighted by Gasteiger charge is -2.21. The van der Waals surface area contributed by atoms with Crippen LogP contribution in [0.15, 0.2) is 0 Å². The predicted molar refractivity (Wildman–Crippen MR) is 68.7 cm³/mol. The average Bonchev–Trinajstić information content (AvgIpc) is 2.26. The zero-order valence-corrected chi connectivity index (χ0v) is 11.5. The topological polar surface area (TPSA) is 32.3 Å². The molecule has 15 heavy (non-hydrogen) atoms. The number of nitrogens with one attached hydrogen (secondary N) is 1. The molecule has 0 heterocycles. The van der Waals surface area contributed by atoms with Crippen molar-refractivity contribution in [2.24, 2.45) is 0 Å². The first-order chi connectivity index (χ1) is 7.26. The summed E-state index contributed by atoms with van der Waals surface area (Å²) in [5.74, 6) is 0. The Morgan fingerprint density at radius 1 is 1.00 bits per heavy atom. The van der Waals surface area contributed by atoms with Gasteiger partial charge in [0, 0.05) is 13.1 Å². The fraction of sp³-hybridized carbons (Fsp3) is 1.00. The van der Waals surface area contributed by atoms with Gasteiger partial charge in [0.05, 0.1) is 0 Å². The van der Waals surface area contributed by atoms with E-state index in [0.717, 1.165) is 13.1 Å². The summed E-state index contributed by atoms with van der Waals surface area (Å²) >= 11 is 0. The number of nitrogens with zero attached hydrogens (tertiary/aromatic N) is 1. The molecule has 0 spiro atoms. The van der Waals surface area contributed by atoms with E-state index in [-0.39, 0.29) is 0 Å². The molecule has 0 aromatic rings. The fourth-order valence-corrected chi connectivity index (χ4v) is 2.62. The Kier molecular flexibility index (Phi) is 10.8. The molecular weight excluding hydrogens is 207 g/mol. The van der Waals surface area contributed by atoms with Crippen LogP contribution in [-0.2, 0) is 4.57 Å². The van der Waals surface area contributed by atoms with E-state index >= 15 is 0 Å². The highest BCUT2D eigenvalue weighted by atomic mass is 31.1. The van der Waals surface area contributed by atoms with Crippen molar-refractivity contribution >= 4 is 8.10 Å². The van der Waals surface area contributed by atoms with Crippen molar-refractivity contribution < 1.29 is 4.57 Å². The first-order valence-electron chi connectivity index (χ1n) is 6.22. The summed E-state index contributed by atoms with van der Waals surface area (Å²) in [6.07, 6.45) is 7.26. The normalized spacial score (nSPS) is 13.3. The molecule has 0 aliphatic carbocycles. The Morgan fingerprint density at radius 3 is 1.80 bits per heavy atom. The lowest BCUT2D eigenvalue weighted by Crippen LogP contribution is -2.22. The Labute approximate surface area is 95.5 Å². The third-order valence-corrected chi connectivity index (χ3v) is 4.01. The molecule has 0 aromatic carbocycles. The van der Waals surface area contributed by atoms with Gasteiger partial charge in [-0.1, -0.05) is 39.5 Å². The van der Waals surface area contributed by atoms with E-state index in [1.807, 2.05) is 0 Å². The largest absolute Gasteiger partial charge is 0.292 e. The van der Waals surface area contributed by atoms with E-state index in [1.165, 1.54) is 38.5 Å². The van der Waals surface area contributed by atoms with Crippen molar-refractivity contribution in [2.75, 3.05) is 20.1 Å². The predicted octanol–water partition coefficient (Wildman–Crippen LogP) is 3.28. The first-order valence-corrected chi connectivity index (χ1v) is 7.58. The maximum absolute atomic E-state index is 11.7. The summed E-state index contributed by atoms with van der Waals surface area (Å²) in [5.41, 5.74) is 0. The molecule has 0 aliphatic rings. The van der Waals surface area contributed by atoms with E-state index in [0.29, 0.717) is 0 Å². The van der Waals surface area contributed by atoms with E-state index in [9.17, 15) is 4.57 Å². The summed E-state index contributed by atoms with van der Waals surface area (Å²) < 4.78 is 13.8. The lowest BCUT2D eigenvalue weighted by atomic mass is 10.2. The second-order valence-corrected chi connectivity index (χ2v) is 5.70. The van der Waals surface area contributed by atoms with E-state index in [1.54, 1.807) is 7.05 Å². The second kappa shape index (κ2) is 10.7. The smallest absolute Gasteiger partial charge is 0.202 e. The molecule has 0 radical (unpaired) electrons. The lowest BCUT2D eigenvalue weighted by molar-refractivity contribution is 0.395. The maximum atomic E-state index is 11.7. The second-order valence-electron chi connectivity index (χ2n) is 3.96. The van der Waals surface area contributed by atoms with Crippen molar-refractivity contribution in [1.29, 1.82) is 0 Å². The molecule has 3 nitrogen and oxygen atoms in total. The van der Waals surface area contributed by atoms with Crippen molar-refractivity contribution in [3.05, 3.63) is 0 Å². The molecule has 0 bridgehead atoms. The van der Waals surface area contributed by atoms with Crippen LogP contribution in [-0.4, -0.2) is 24.8 Å². The molecule has 0 rings (SSSR count). The number of unbranched alkanes of at least 4 members (excludes halogenated alkanes) is 4. The van der Waals surface area contributed by atoms with Gasteiger partial charge in [0.25, 0.3) is 0 Å². The Bertz CT molecular complexity index is 155. The number of hydrogen-bond acceptors (Lipinski definition) is 1. The minimum Gasteiger partial charge on any atom is -0.292 e. The van der Waals surface area contributed by atoms with Crippen LogP contribution in [0.2, 0.25) is 0 Å². The molecule has 1 unspecified atom stereocenters. The highest BCUT2D eigenvalue weighted by molar-refractivity contribution is 7.39. The van der Waals surface area contributed by atoms with Crippen molar-refractivity contribution in [3.63, 3.8) is 0 Å². The molecule has 1 atom stereocenters. The third-order valence-electron chi connectivity index (χ3n) is 2.56. The summed E-state index contributed by atoms with van der Waals surface area (Å²) in [6.45, 7) is 6.36. The van der Waals surface area contributed by atoms with Gasteiger partial charge in [0.1, 0.15) is 0 Å². The van der Waals surface area contributed by atoms with Gasteiger partial charge in [0.15, 0.2) is 0 Å². The Balaban J connectivity index is 3.79. The highest BCUT2D eigenvalue weighted by Crippen LogP contribution is 2.22. The highest BCUT2D eigenvalue weighted by Gasteiger charge is 2.09. The molecule has 0 fully saturated rings. The van der Waals surface area contributed by atoms with Crippen LogP contribution >= 0.6 is 8.10 Å². The zero-order chi connectivity index (χ0) is 11.5. The van der Waals surface area contributed by atoms with Crippen LogP contribution in [0.4, 0.5) is 0 Å². The molecule has 1 N–H and O–H groups in total. The Morgan fingerprint density at radius 2 is 1.47 bits per heavy atom. The van der Waals surface area contributed by atoms with Gasteiger partial charge >= 0.3 is 0 Å². The van der Waals surface area contributed by atoms with Crippen LogP contribution in [0, 0.1) is 0 Å². The van der Waals surface area contributed by atoms with Gasteiger partial charge in [0.2, 0.25) is 8.10 Å². The van der Waals surface area contributed by atoms with Gasteiger partial charge in [-0.2, -0.15) is 0 Å². The average molecular weight is 234 g/mol. The van der Waals surface area contributed by atoms with Crippen molar-refractivity contribution in [3.8, 4) is 0 Å². The molecule has 0 aliphatic heterocycles. The minimum atomic E-state index is -1.69. The molecular formula is C11H27N2OP. The quantitative estimate of drug-likeness (QED) is 0.465. The van der Waals surface area contributed by atoms with Crippen molar-refractivity contribution in [2.45, 2.75) is 52.4 Å². The van der Waals surface area contributed by atoms with Gasteiger partial charge in [-0.15, -0.1) is 0 Å². The Hall–Kier alpha value is 0.150. The number of rotatable bonds is 10. The van der Waals surface area contributed by atoms with Crippen LogP contribution in [0.1, 0.15) is 52.4 Å². The molecule has 0 saturated heterocycles. The zero-order valence-electron chi connectivity index (χ0n) is 10.5. The fourth-order valence-electron chi connectivity index (χ4n) is 1.58. The van der Waals surface area contributed by atoms with Crippen molar-refractivity contribution in [1.82, 2.24) is 9.76 Å². The van der Waals surface area contributed by atoms with Gasteiger partial charge in [-0.25, -0.2) is 4.67 Å². The van der Waals surface area contributed by atoms with E-state index in [4.69, 9.17) is 0 Å². The monoisotopic (exact) mass is 234 g/mol. The van der Waals surface area contributed by atoms with E-state index in [2.05, 4.69) is 23.6 Å². The molecule has 0 amide bonds. The van der Waals surface area contributed by atoms with E-state index < -0.39 is 8.10 Å². The minimum absolute atomic E-state index is 0.982. The van der Waals surface area contributed by atoms with Gasteiger partial charge in [-0.3, -0.25) is 9.65 Å². The van der Waals surface area contributed by atoms with Crippen LogP contribution in [0.25, 0.3) is 0 Å². The van der Waals surface area contributed by atoms with Gasteiger partial charge in [-0.05, 0) is 19.9 Å². The molecule has 4 heteroatoms. The molecule has 92 valence electrons. The van der Waals surface area contributed by atoms with Crippen LogP contribution < -0.4 is 5.09 Å². The number of hydrogen-bond donors (Lipinski definition) is 1. The van der Waals surface area contributed by atoms with Crippen LogP contribution in [0.5, 0.6) is 0 Å². The summed E-state index contributed by atoms with van der Waals surface area (Å²) in [5, 5.41) is 2.89.